The second kappa shape index (κ2) is 13.4. The highest BCUT2D eigenvalue weighted by Crippen LogP contribution is 2.25. The fraction of sp³-hybridized carbons (Fsp3) is 0.409. The molecule has 0 spiro atoms. The molecule has 0 aliphatic carbocycles. The monoisotopic (exact) mass is 495 g/mol. The van der Waals surface area contributed by atoms with Gasteiger partial charge in [-0.3, -0.25) is 14.4 Å². The average molecular weight is 496 g/mol. The number of hydrogen-bond donors (Lipinski definition) is 4. The third-order valence-electron chi connectivity index (χ3n) is 3.92. The van der Waals surface area contributed by atoms with E-state index in [1.807, 2.05) is 0 Å². The molecule has 186 valence electrons. The molecule has 1 heterocycles. The highest BCUT2D eigenvalue weighted by molar-refractivity contribution is 7.13. The Bertz CT molecular complexity index is 1000. The second-order valence-electron chi connectivity index (χ2n) is 7.62. The standard InChI is InChI=1S/C21H25N3O7S.CH4O/c1-21(2,3)31-20(29)13-7-5-6-12(8-13)19-24-15(11-32-19)18(28)23-14(10-25)17(27)22-9-16(26)30-4;1-2/h5-8,11,14,25H,9-10H2,1-4H3,(H,22,27)(H,23,28);2H,1H3. The van der Waals surface area contributed by atoms with Crippen molar-refractivity contribution in [3.63, 3.8) is 0 Å². The van der Waals surface area contributed by atoms with E-state index in [0.717, 1.165) is 7.11 Å². The summed E-state index contributed by atoms with van der Waals surface area (Å²) in [5.74, 6) is -2.56. The maximum Gasteiger partial charge on any atom is 0.338 e. The Morgan fingerprint density at radius 1 is 1.18 bits per heavy atom. The minimum Gasteiger partial charge on any atom is -0.468 e. The zero-order valence-electron chi connectivity index (χ0n) is 19.6. The molecular formula is C22H29N3O8S. The van der Waals surface area contributed by atoms with E-state index < -0.39 is 48.5 Å². The van der Waals surface area contributed by atoms with Crippen molar-refractivity contribution in [1.82, 2.24) is 15.6 Å². The number of esters is 2. The normalized spacial score (nSPS) is 11.4. The van der Waals surface area contributed by atoms with Crippen molar-refractivity contribution in [2.45, 2.75) is 32.4 Å². The van der Waals surface area contributed by atoms with Gasteiger partial charge in [0.15, 0.2) is 0 Å². The smallest absolute Gasteiger partial charge is 0.338 e. The number of nitrogens with zero attached hydrogens (tertiary/aromatic N) is 1. The van der Waals surface area contributed by atoms with Crippen LogP contribution in [0.25, 0.3) is 10.6 Å². The van der Waals surface area contributed by atoms with E-state index in [2.05, 4.69) is 20.4 Å². The molecule has 0 bridgehead atoms. The predicted octanol–water partition coefficient (Wildman–Crippen LogP) is 0.754. The molecule has 0 fully saturated rings. The topological polar surface area (TPSA) is 164 Å². The van der Waals surface area contributed by atoms with Crippen LogP contribution >= 0.6 is 11.3 Å². The highest BCUT2D eigenvalue weighted by Gasteiger charge is 2.23. The number of hydrogen-bond acceptors (Lipinski definition) is 10. The number of aliphatic hydroxyl groups is 2. The summed E-state index contributed by atoms with van der Waals surface area (Å²) < 4.78 is 9.78. The first-order chi connectivity index (χ1) is 16.0. The van der Waals surface area contributed by atoms with Gasteiger partial charge in [0.25, 0.3) is 5.91 Å². The van der Waals surface area contributed by atoms with Crippen molar-refractivity contribution in [2.24, 2.45) is 0 Å². The Hall–Kier alpha value is -3.35. The number of methoxy groups -OCH3 is 1. The van der Waals surface area contributed by atoms with E-state index in [4.69, 9.17) is 9.84 Å². The Labute approximate surface area is 201 Å². The molecule has 1 unspecified atom stereocenters. The highest BCUT2D eigenvalue weighted by atomic mass is 32.1. The van der Waals surface area contributed by atoms with Gasteiger partial charge in [-0.2, -0.15) is 0 Å². The van der Waals surface area contributed by atoms with Crippen LogP contribution in [0.15, 0.2) is 29.6 Å². The summed E-state index contributed by atoms with van der Waals surface area (Å²) >= 11 is 1.18. The van der Waals surface area contributed by atoms with Gasteiger partial charge < -0.3 is 30.3 Å². The zero-order chi connectivity index (χ0) is 25.9. The summed E-state index contributed by atoms with van der Waals surface area (Å²) in [5, 5.41) is 23.0. The van der Waals surface area contributed by atoms with Crippen LogP contribution in [0.5, 0.6) is 0 Å². The van der Waals surface area contributed by atoms with Crippen LogP contribution in [0.2, 0.25) is 0 Å². The van der Waals surface area contributed by atoms with Gasteiger partial charge in [-0.25, -0.2) is 9.78 Å². The van der Waals surface area contributed by atoms with E-state index in [1.54, 1.807) is 45.0 Å². The van der Waals surface area contributed by atoms with E-state index in [-0.39, 0.29) is 5.69 Å². The lowest BCUT2D eigenvalue weighted by atomic mass is 10.1. The number of aromatic nitrogens is 1. The first-order valence-corrected chi connectivity index (χ1v) is 10.9. The molecule has 0 aliphatic heterocycles. The number of nitrogens with one attached hydrogen (secondary N) is 2. The number of carbonyl (C=O) groups is 4. The van der Waals surface area contributed by atoms with Crippen LogP contribution in [0, 0.1) is 0 Å². The van der Waals surface area contributed by atoms with Gasteiger partial charge in [-0.15, -0.1) is 11.3 Å². The van der Waals surface area contributed by atoms with Crippen LogP contribution in [0.4, 0.5) is 0 Å². The molecule has 1 aromatic carbocycles. The largest absolute Gasteiger partial charge is 0.468 e. The van der Waals surface area contributed by atoms with Crippen molar-refractivity contribution in [3.8, 4) is 10.6 Å². The third kappa shape index (κ3) is 8.89. The average Bonchev–Trinajstić information content (AvgIpc) is 3.31. The predicted molar refractivity (Wildman–Crippen MR) is 124 cm³/mol. The number of rotatable bonds is 8. The van der Waals surface area contributed by atoms with Crippen LogP contribution < -0.4 is 10.6 Å². The number of ether oxygens (including phenoxy) is 2. The molecule has 0 saturated carbocycles. The summed E-state index contributed by atoms with van der Waals surface area (Å²) in [6.07, 6.45) is 0. The van der Waals surface area contributed by atoms with Gasteiger partial charge in [-0.1, -0.05) is 12.1 Å². The van der Waals surface area contributed by atoms with Gasteiger partial charge in [0.1, 0.15) is 28.9 Å². The molecule has 0 radical (unpaired) electrons. The van der Waals surface area contributed by atoms with Gasteiger partial charge in [0.05, 0.1) is 19.3 Å². The van der Waals surface area contributed by atoms with Crippen LogP contribution in [-0.4, -0.2) is 78.0 Å². The van der Waals surface area contributed by atoms with E-state index >= 15 is 0 Å². The fourth-order valence-corrected chi connectivity index (χ4v) is 3.20. The summed E-state index contributed by atoms with van der Waals surface area (Å²) in [6, 6.07) is 5.39. The molecule has 0 aliphatic rings. The Kier molecular flexibility index (Phi) is 11.3. The molecule has 0 saturated heterocycles. The lowest BCUT2D eigenvalue weighted by molar-refractivity contribution is -0.141. The molecule has 2 rings (SSSR count). The first-order valence-electron chi connectivity index (χ1n) is 10.0. The lowest BCUT2D eigenvalue weighted by Gasteiger charge is -2.19. The molecule has 1 aromatic heterocycles. The fourth-order valence-electron chi connectivity index (χ4n) is 2.41. The van der Waals surface area contributed by atoms with Gasteiger partial charge in [-0.05, 0) is 32.9 Å². The number of benzene rings is 1. The van der Waals surface area contributed by atoms with Crippen molar-refractivity contribution >= 4 is 35.1 Å². The summed E-state index contributed by atoms with van der Waals surface area (Å²) in [7, 11) is 2.17. The van der Waals surface area contributed by atoms with Crippen LogP contribution in [-0.2, 0) is 19.1 Å². The van der Waals surface area contributed by atoms with Crippen molar-refractivity contribution in [3.05, 3.63) is 40.9 Å². The molecule has 2 amide bonds. The summed E-state index contributed by atoms with van der Waals surface area (Å²) in [4.78, 5) is 52.2. The number of amides is 2. The number of thiazole rings is 1. The van der Waals surface area contributed by atoms with Crippen LogP contribution in [0.1, 0.15) is 41.6 Å². The molecule has 12 heteroatoms. The maximum atomic E-state index is 12.5. The van der Waals surface area contributed by atoms with E-state index in [1.165, 1.54) is 23.8 Å². The second-order valence-corrected chi connectivity index (χ2v) is 8.48. The molecule has 34 heavy (non-hydrogen) atoms. The van der Waals surface area contributed by atoms with E-state index in [9.17, 15) is 24.3 Å². The van der Waals surface area contributed by atoms with Gasteiger partial charge in [0.2, 0.25) is 5.91 Å². The quantitative estimate of drug-likeness (QED) is 0.387. The third-order valence-corrected chi connectivity index (χ3v) is 4.81. The summed E-state index contributed by atoms with van der Waals surface area (Å²) in [5.41, 5.74) is 0.367. The van der Waals surface area contributed by atoms with Crippen molar-refractivity contribution in [1.29, 1.82) is 0 Å². The SMILES string of the molecule is CO.COC(=O)CNC(=O)C(CO)NC(=O)c1csc(-c2cccc(C(=O)OC(C)(C)C)c2)n1. The maximum absolute atomic E-state index is 12.5. The van der Waals surface area contributed by atoms with Gasteiger partial charge in [0, 0.05) is 18.1 Å². The van der Waals surface area contributed by atoms with Crippen molar-refractivity contribution in [2.75, 3.05) is 27.4 Å². The molecule has 4 N–H and O–H groups in total. The molecule has 1 atom stereocenters. The minimum atomic E-state index is -1.27. The van der Waals surface area contributed by atoms with Crippen LogP contribution in [0.3, 0.4) is 0 Å². The number of aliphatic hydroxyl groups excluding tert-OH is 2. The lowest BCUT2D eigenvalue weighted by Crippen LogP contribution is -2.50. The molecule has 11 nitrogen and oxygen atoms in total. The summed E-state index contributed by atoms with van der Waals surface area (Å²) in [6.45, 7) is 4.26. The minimum absolute atomic E-state index is 0.0342. The Morgan fingerprint density at radius 2 is 1.85 bits per heavy atom. The Balaban J connectivity index is 0.00000281. The van der Waals surface area contributed by atoms with Crippen molar-refractivity contribution < 1.29 is 38.9 Å². The van der Waals surface area contributed by atoms with Gasteiger partial charge >= 0.3 is 11.9 Å². The first kappa shape index (κ1) is 28.7. The molecule has 2 aromatic rings. The zero-order valence-corrected chi connectivity index (χ0v) is 20.4. The Morgan fingerprint density at radius 3 is 2.44 bits per heavy atom. The van der Waals surface area contributed by atoms with E-state index in [0.29, 0.717) is 16.1 Å². The number of carbonyl (C=O) groups excluding carboxylic acids is 4. The molecular weight excluding hydrogens is 466 g/mol.